The Bertz CT molecular complexity index is 755. The van der Waals surface area contributed by atoms with Crippen molar-refractivity contribution in [2.45, 2.75) is 44.1 Å². The Hall–Kier alpha value is -1.65. The molecule has 2 heterocycles. The van der Waals surface area contributed by atoms with Gasteiger partial charge in [-0.1, -0.05) is 0 Å². The molecule has 5 nitrogen and oxygen atoms in total. The number of rotatable bonds is 2. The quantitative estimate of drug-likeness (QED) is 0.842. The van der Waals surface area contributed by atoms with E-state index >= 15 is 0 Å². The van der Waals surface area contributed by atoms with E-state index in [9.17, 15) is 14.7 Å². The van der Waals surface area contributed by atoms with E-state index in [2.05, 4.69) is 9.89 Å². The Kier molecular flexibility index (Phi) is 1.88. The molecular formula is C18H20N2O3. The average molecular weight is 312 g/mol. The van der Waals surface area contributed by atoms with Crippen LogP contribution < -0.4 is 0 Å². The molecule has 6 aliphatic rings. The number of aliphatic imine (C=N–C) groups is 1. The first-order valence-electron chi connectivity index (χ1n) is 8.79. The maximum Gasteiger partial charge on any atom is 0.310 e. The molecule has 5 heteroatoms. The number of amides is 1. The van der Waals surface area contributed by atoms with Gasteiger partial charge in [0.1, 0.15) is 0 Å². The van der Waals surface area contributed by atoms with Crippen molar-refractivity contribution in [2.24, 2.45) is 27.7 Å². The zero-order valence-corrected chi connectivity index (χ0v) is 13.0. The van der Waals surface area contributed by atoms with Gasteiger partial charge in [0.15, 0.2) is 0 Å². The molecule has 1 amide bonds. The van der Waals surface area contributed by atoms with E-state index in [0.29, 0.717) is 18.4 Å². The van der Waals surface area contributed by atoms with Crippen molar-refractivity contribution in [1.29, 1.82) is 0 Å². The molecule has 2 aliphatic heterocycles. The zero-order valence-electron chi connectivity index (χ0n) is 13.0. The van der Waals surface area contributed by atoms with Crippen LogP contribution in [0.4, 0.5) is 0 Å². The van der Waals surface area contributed by atoms with Crippen LogP contribution in [0.5, 0.6) is 0 Å². The number of nitrogens with zero attached hydrogens (tertiary/aromatic N) is 2. The summed E-state index contributed by atoms with van der Waals surface area (Å²) in [7, 11) is 0. The predicted octanol–water partition coefficient (Wildman–Crippen LogP) is 1.63. The molecule has 1 N–H and O–H groups in total. The van der Waals surface area contributed by atoms with E-state index in [1.54, 1.807) is 0 Å². The third-order valence-corrected chi connectivity index (χ3v) is 8.36. The molecule has 0 radical (unpaired) electrons. The smallest absolute Gasteiger partial charge is 0.310 e. The topological polar surface area (TPSA) is 70.0 Å². The van der Waals surface area contributed by atoms with Crippen molar-refractivity contribution in [2.75, 3.05) is 13.1 Å². The fourth-order valence-corrected chi connectivity index (χ4v) is 7.83. The molecule has 4 saturated carbocycles. The number of carbonyl (C=O) groups excluding carboxylic acids is 1. The van der Waals surface area contributed by atoms with Gasteiger partial charge in [-0.3, -0.25) is 14.6 Å². The number of hydrogen-bond acceptors (Lipinski definition) is 3. The first kappa shape index (κ1) is 12.7. The van der Waals surface area contributed by atoms with Gasteiger partial charge in [-0.15, -0.1) is 0 Å². The molecule has 4 fully saturated rings. The molecule has 120 valence electrons. The fourth-order valence-electron chi connectivity index (χ4n) is 7.83. The molecule has 0 aromatic carbocycles. The van der Waals surface area contributed by atoms with E-state index in [-0.39, 0.29) is 16.9 Å². The molecule has 6 rings (SSSR count). The number of fused-ring (bicyclic) bond motifs is 1. The van der Waals surface area contributed by atoms with Crippen molar-refractivity contribution >= 4 is 18.1 Å². The SMILES string of the molecule is O=C1C2=C(CC=NC2)CN1C12CC3CC4(C(=O)O)CC(C1)C42C3. The lowest BCUT2D eigenvalue weighted by Crippen LogP contribution is -2.82. The minimum atomic E-state index is -0.604. The van der Waals surface area contributed by atoms with Crippen molar-refractivity contribution in [3.8, 4) is 0 Å². The van der Waals surface area contributed by atoms with Crippen molar-refractivity contribution in [3.63, 3.8) is 0 Å². The van der Waals surface area contributed by atoms with Gasteiger partial charge >= 0.3 is 5.97 Å². The number of carboxylic acid groups (broad SMARTS) is 1. The lowest BCUT2D eigenvalue weighted by molar-refractivity contribution is -0.291. The standard InChI is InChI=1S/C18H20N2O3/c21-14-13-8-19-2-1-11(13)9-20(14)17-4-10-3-16(15(22)23)6-12(7-17)18(16,17)5-10/h2,10,12H,1,3-9H2,(H,22,23). The number of aliphatic carboxylic acids is 1. The zero-order chi connectivity index (χ0) is 15.6. The Morgan fingerprint density at radius 2 is 2.13 bits per heavy atom. The minimum absolute atomic E-state index is 0.109. The van der Waals surface area contributed by atoms with Crippen molar-refractivity contribution < 1.29 is 14.7 Å². The number of hydrogen-bond donors (Lipinski definition) is 1. The van der Waals surface area contributed by atoms with E-state index in [0.717, 1.165) is 50.6 Å². The second-order valence-corrected chi connectivity index (χ2v) is 8.67. The summed E-state index contributed by atoms with van der Waals surface area (Å²) in [6, 6.07) is 0. The van der Waals surface area contributed by atoms with Gasteiger partial charge in [0.25, 0.3) is 5.91 Å². The van der Waals surface area contributed by atoms with Crippen LogP contribution in [0.2, 0.25) is 0 Å². The second kappa shape index (κ2) is 3.40. The maximum atomic E-state index is 13.0. The summed E-state index contributed by atoms with van der Waals surface area (Å²) >= 11 is 0. The van der Waals surface area contributed by atoms with Gasteiger partial charge in [0, 0.05) is 30.2 Å². The predicted molar refractivity (Wildman–Crippen MR) is 82.0 cm³/mol. The van der Waals surface area contributed by atoms with Crippen molar-refractivity contribution in [1.82, 2.24) is 4.90 Å². The van der Waals surface area contributed by atoms with Crippen molar-refractivity contribution in [3.05, 3.63) is 11.1 Å². The number of dihydropyridines is 1. The molecule has 1 spiro atoms. The Morgan fingerprint density at radius 1 is 1.26 bits per heavy atom. The summed E-state index contributed by atoms with van der Waals surface area (Å²) in [6.45, 7) is 1.24. The highest BCUT2D eigenvalue weighted by Gasteiger charge is 2.90. The monoisotopic (exact) mass is 312 g/mol. The molecule has 0 saturated heterocycles. The van der Waals surface area contributed by atoms with Crippen LogP contribution in [0.3, 0.4) is 0 Å². The highest BCUT2D eigenvalue weighted by Crippen LogP contribution is 2.89. The van der Waals surface area contributed by atoms with E-state index < -0.39 is 11.4 Å². The molecule has 0 aromatic rings. The fraction of sp³-hybridized carbons (Fsp3) is 0.722. The van der Waals surface area contributed by atoms with Gasteiger partial charge in [0.05, 0.1) is 17.5 Å². The number of carbonyl (C=O) groups is 2. The number of carboxylic acids is 1. The Labute approximate surface area is 134 Å². The summed E-state index contributed by atoms with van der Waals surface area (Å²) in [5, 5.41) is 9.94. The van der Waals surface area contributed by atoms with Gasteiger partial charge < -0.3 is 10.0 Å². The van der Waals surface area contributed by atoms with Gasteiger partial charge in [-0.2, -0.15) is 0 Å². The van der Waals surface area contributed by atoms with Crippen LogP contribution in [0.25, 0.3) is 0 Å². The first-order chi connectivity index (χ1) is 11.0. The Morgan fingerprint density at radius 3 is 2.87 bits per heavy atom. The van der Waals surface area contributed by atoms with E-state index in [1.807, 2.05) is 6.21 Å². The lowest BCUT2D eigenvalue weighted by Gasteiger charge is -2.78. The maximum absolute atomic E-state index is 13.0. The molecule has 4 aliphatic carbocycles. The van der Waals surface area contributed by atoms with Crippen LogP contribution in [0, 0.1) is 22.7 Å². The largest absolute Gasteiger partial charge is 0.481 e. The van der Waals surface area contributed by atoms with Gasteiger partial charge in [-0.05, 0) is 49.5 Å². The molecular weight excluding hydrogens is 292 g/mol. The van der Waals surface area contributed by atoms with Crippen LogP contribution in [-0.4, -0.2) is 46.7 Å². The third kappa shape index (κ3) is 1.01. The molecule has 23 heavy (non-hydrogen) atoms. The van der Waals surface area contributed by atoms with E-state index in [4.69, 9.17) is 0 Å². The summed E-state index contributed by atoms with van der Waals surface area (Å²) in [4.78, 5) is 31.5. The van der Waals surface area contributed by atoms with Crippen LogP contribution in [0.1, 0.15) is 38.5 Å². The second-order valence-electron chi connectivity index (χ2n) is 8.67. The summed E-state index contributed by atoms with van der Waals surface area (Å²) in [6.07, 6.45) is 7.50. The molecule has 2 bridgehead atoms. The van der Waals surface area contributed by atoms with Crippen LogP contribution >= 0.6 is 0 Å². The highest BCUT2D eigenvalue weighted by atomic mass is 16.4. The van der Waals surface area contributed by atoms with Gasteiger partial charge in [0.2, 0.25) is 0 Å². The van der Waals surface area contributed by atoms with Crippen LogP contribution in [-0.2, 0) is 9.59 Å². The molecule has 5 unspecified atom stereocenters. The van der Waals surface area contributed by atoms with Crippen LogP contribution in [0.15, 0.2) is 16.1 Å². The summed E-state index contributed by atoms with van der Waals surface area (Å²) in [5.74, 6) is 0.587. The minimum Gasteiger partial charge on any atom is -0.481 e. The normalized spacial score (nSPS) is 51.5. The summed E-state index contributed by atoms with van der Waals surface area (Å²) in [5.41, 5.74) is 1.32. The summed E-state index contributed by atoms with van der Waals surface area (Å²) < 4.78 is 0. The molecule has 5 atom stereocenters. The van der Waals surface area contributed by atoms with E-state index in [1.165, 1.54) is 5.57 Å². The Balaban J connectivity index is 1.43. The first-order valence-corrected chi connectivity index (χ1v) is 8.79. The van der Waals surface area contributed by atoms with Gasteiger partial charge in [-0.25, -0.2) is 0 Å². The molecule has 0 aromatic heterocycles. The average Bonchev–Trinajstić information content (AvgIpc) is 3.10. The lowest BCUT2D eigenvalue weighted by atomic mass is 9.28. The highest BCUT2D eigenvalue weighted by molar-refractivity contribution is 6.00. The third-order valence-electron chi connectivity index (χ3n) is 8.36.